The van der Waals surface area contributed by atoms with Crippen LogP contribution in [0.25, 0.3) is 0 Å². The van der Waals surface area contributed by atoms with Gasteiger partial charge in [-0.15, -0.1) is 0 Å². The van der Waals surface area contributed by atoms with Crippen molar-refractivity contribution >= 4 is 17.0 Å². The molecular formula is C18H27NO5S. The van der Waals surface area contributed by atoms with Gasteiger partial charge in [0.15, 0.2) is 0 Å². The van der Waals surface area contributed by atoms with E-state index in [9.17, 15) is 9.00 Å². The van der Waals surface area contributed by atoms with Crippen molar-refractivity contribution in [2.45, 2.75) is 50.5 Å². The molecule has 1 fully saturated rings. The zero-order chi connectivity index (χ0) is 18.4. The Kier molecular flexibility index (Phi) is 7.40. The molecule has 0 saturated carbocycles. The van der Waals surface area contributed by atoms with Crippen molar-refractivity contribution in [2.75, 3.05) is 26.9 Å². The summed E-state index contributed by atoms with van der Waals surface area (Å²) in [5.74, 6) is -0.193. The van der Waals surface area contributed by atoms with Crippen molar-refractivity contribution in [2.24, 2.45) is 0 Å². The molecule has 6 nitrogen and oxygen atoms in total. The van der Waals surface area contributed by atoms with Gasteiger partial charge in [-0.3, -0.25) is 0 Å². The Bertz CT molecular complexity index is 611. The van der Waals surface area contributed by atoms with Gasteiger partial charge in [0.2, 0.25) is 0 Å². The molecule has 0 aromatic heterocycles. The number of aliphatic carboxylic acids is 1. The molecule has 0 spiro atoms. The Hall–Kier alpha value is -1.44. The van der Waals surface area contributed by atoms with Crippen LogP contribution in [0.5, 0.6) is 5.75 Å². The number of hydrogen-bond acceptors (Lipinski definition) is 4. The third-order valence-electron chi connectivity index (χ3n) is 4.45. The van der Waals surface area contributed by atoms with Crippen molar-refractivity contribution in [3.8, 4) is 5.75 Å². The van der Waals surface area contributed by atoms with E-state index in [0.29, 0.717) is 13.0 Å². The molecule has 0 bridgehead atoms. The normalized spacial score (nSPS) is 19.6. The number of ether oxygens (including phenoxy) is 2. The molecule has 1 aromatic carbocycles. The van der Waals surface area contributed by atoms with Crippen LogP contribution in [0.2, 0.25) is 0 Å². The Balaban J connectivity index is 2.11. The predicted molar refractivity (Wildman–Crippen MR) is 96.3 cm³/mol. The van der Waals surface area contributed by atoms with E-state index < -0.39 is 17.0 Å². The summed E-state index contributed by atoms with van der Waals surface area (Å²) in [6, 6.07) is 3.97. The van der Waals surface area contributed by atoms with Gasteiger partial charge in [-0.25, -0.2) is 13.3 Å². The Morgan fingerprint density at radius 2 is 2.00 bits per heavy atom. The molecule has 1 N–H and O–H groups in total. The molecule has 0 aliphatic carbocycles. The molecule has 25 heavy (non-hydrogen) atoms. The van der Waals surface area contributed by atoms with E-state index in [-0.39, 0.29) is 12.6 Å². The van der Waals surface area contributed by atoms with Crippen LogP contribution in [0.15, 0.2) is 17.0 Å². The van der Waals surface area contributed by atoms with Crippen molar-refractivity contribution in [1.29, 1.82) is 0 Å². The molecule has 0 radical (unpaired) electrons. The maximum atomic E-state index is 13.3. The van der Waals surface area contributed by atoms with E-state index in [1.165, 1.54) is 0 Å². The first-order chi connectivity index (χ1) is 11.9. The zero-order valence-corrected chi connectivity index (χ0v) is 15.9. The average molecular weight is 369 g/mol. The van der Waals surface area contributed by atoms with E-state index in [1.54, 1.807) is 7.11 Å². The van der Waals surface area contributed by atoms with Gasteiger partial charge in [0.05, 0.1) is 12.0 Å². The number of hydrogen-bond donors (Lipinski definition) is 1. The average Bonchev–Trinajstić information content (AvgIpc) is 2.58. The van der Waals surface area contributed by atoms with Crippen LogP contribution >= 0.6 is 0 Å². The molecule has 2 rings (SSSR count). The van der Waals surface area contributed by atoms with E-state index in [1.807, 2.05) is 30.3 Å². The monoisotopic (exact) mass is 369 g/mol. The summed E-state index contributed by atoms with van der Waals surface area (Å²) < 4.78 is 25.7. The fourth-order valence-corrected chi connectivity index (χ4v) is 4.96. The number of methoxy groups -OCH3 is 1. The van der Waals surface area contributed by atoms with Gasteiger partial charge in [-0.1, -0.05) is 6.42 Å². The van der Waals surface area contributed by atoms with Crippen molar-refractivity contribution < 1.29 is 23.6 Å². The number of carbonyl (C=O) groups is 1. The van der Waals surface area contributed by atoms with Crippen LogP contribution in [0.3, 0.4) is 0 Å². The molecule has 1 heterocycles. The quantitative estimate of drug-likeness (QED) is 0.713. The molecule has 1 aromatic rings. The topological polar surface area (TPSA) is 76.1 Å². The highest BCUT2D eigenvalue weighted by molar-refractivity contribution is 7.82. The largest absolute Gasteiger partial charge is 0.497 e. The highest BCUT2D eigenvalue weighted by Gasteiger charge is 2.29. The Labute approximate surface area is 151 Å². The van der Waals surface area contributed by atoms with Crippen molar-refractivity contribution in [1.82, 2.24) is 4.31 Å². The first-order valence-corrected chi connectivity index (χ1v) is 9.68. The lowest BCUT2D eigenvalue weighted by molar-refractivity contribution is -0.142. The van der Waals surface area contributed by atoms with Gasteiger partial charge in [-0.05, 0) is 56.4 Å². The summed E-state index contributed by atoms with van der Waals surface area (Å²) in [6.45, 7) is 4.77. The van der Waals surface area contributed by atoms with Crippen LogP contribution in [-0.2, 0) is 20.5 Å². The molecule has 1 aliphatic heterocycles. The number of nitrogens with zero attached hydrogens (tertiary/aromatic N) is 1. The third kappa shape index (κ3) is 5.26. The standard InChI is InChI=1S/C18H27NO5S/c1-13-10-16(23-3)11-14(2)18(13)25(22)19-8-5-4-6-15(19)7-9-24-12-17(20)21/h10-11,15H,4-9,12H2,1-3H3,(H,20,21). The van der Waals surface area contributed by atoms with Gasteiger partial charge >= 0.3 is 5.97 Å². The first-order valence-electron chi connectivity index (χ1n) is 8.57. The summed E-state index contributed by atoms with van der Waals surface area (Å²) in [7, 11) is 0.386. The second-order valence-corrected chi connectivity index (χ2v) is 7.74. The maximum Gasteiger partial charge on any atom is 0.329 e. The van der Waals surface area contributed by atoms with E-state index in [2.05, 4.69) is 0 Å². The van der Waals surface area contributed by atoms with Gasteiger partial charge < -0.3 is 14.6 Å². The highest BCUT2D eigenvalue weighted by atomic mass is 32.2. The minimum absolute atomic E-state index is 0.143. The van der Waals surface area contributed by atoms with Gasteiger partial charge in [-0.2, -0.15) is 0 Å². The van der Waals surface area contributed by atoms with Crippen molar-refractivity contribution in [3.63, 3.8) is 0 Å². The van der Waals surface area contributed by atoms with E-state index in [0.717, 1.165) is 47.6 Å². The van der Waals surface area contributed by atoms with E-state index >= 15 is 0 Å². The number of aryl methyl sites for hydroxylation is 2. The minimum atomic E-state index is -1.24. The second kappa shape index (κ2) is 9.31. The lowest BCUT2D eigenvalue weighted by atomic mass is 10.0. The minimum Gasteiger partial charge on any atom is -0.497 e. The zero-order valence-electron chi connectivity index (χ0n) is 15.1. The van der Waals surface area contributed by atoms with Gasteiger partial charge in [0, 0.05) is 19.2 Å². The summed E-state index contributed by atoms with van der Waals surface area (Å²) in [5.41, 5.74) is 1.92. The Morgan fingerprint density at radius 1 is 1.32 bits per heavy atom. The van der Waals surface area contributed by atoms with Crippen LogP contribution < -0.4 is 4.74 Å². The molecular weight excluding hydrogens is 342 g/mol. The first kappa shape index (κ1) is 19.9. The summed E-state index contributed by atoms with van der Waals surface area (Å²) in [5, 5.41) is 8.65. The van der Waals surface area contributed by atoms with Gasteiger partial charge in [0.25, 0.3) is 0 Å². The summed E-state index contributed by atoms with van der Waals surface area (Å²) in [6.07, 6.45) is 3.76. The lowest BCUT2D eigenvalue weighted by Crippen LogP contribution is -2.41. The molecule has 7 heteroatoms. The van der Waals surface area contributed by atoms with Crippen LogP contribution in [0, 0.1) is 13.8 Å². The molecule has 0 amide bonds. The smallest absolute Gasteiger partial charge is 0.329 e. The molecule has 2 unspecified atom stereocenters. The number of piperidine rings is 1. The third-order valence-corrected chi connectivity index (χ3v) is 6.35. The molecule has 1 saturated heterocycles. The van der Waals surface area contributed by atoms with Crippen LogP contribution in [0.4, 0.5) is 0 Å². The number of rotatable bonds is 8. The molecule has 1 aliphatic rings. The van der Waals surface area contributed by atoms with Crippen LogP contribution in [-0.4, -0.2) is 52.5 Å². The van der Waals surface area contributed by atoms with Gasteiger partial charge in [0.1, 0.15) is 23.3 Å². The fraction of sp³-hybridized carbons (Fsp3) is 0.611. The Morgan fingerprint density at radius 3 is 2.60 bits per heavy atom. The lowest BCUT2D eigenvalue weighted by Gasteiger charge is -2.35. The summed E-state index contributed by atoms with van der Waals surface area (Å²) >= 11 is 0. The second-order valence-electron chi connectivity index (χ2n) is 6.36. The molecule has 140 valence electrons. The maximum absolute atomic E-state index is 13.3. The van der Waals surface area contributed by atoms with Crippen molar-refractivity contribution in [3.05, 3.63) is 23.3 Å². The fourth-order valence-electron chi connectivity index (χ4n) is 3.28. The highest BCUT2D eigenvalue weighted by Crippen LogP contribution is 2.30. The number of carboxylic acids is 1. The number of carboxylic acid groups (broad SMARTS) is 1. The summed E-state index contributed by atoms with van der Waals surface area (Å²) in [4.78, 5) is 11.4. The number of benzene rings is 1. The predicted octanol–water partition coefficient (Wildman–Crippen LogP) is 2.68. The van der Waals surface area contributed by atoms with E-state index in [4.69, 9.17) is 14.6 Å². The SMILES string of the molecule is COc1cc(C)c(S(=O)N2CCCCC2CCOCC(=O)O)c(C)c1. The molecule has 2 atom stereocenters. The van der Waals surface area contributed by atoms with Crippen LogP contribution in [0.1, 0.15) is 36.8 Å².